The maximum atomic E-state index is 11.5. The highest BCUT2D eigenvalue weighted by molar-refractivity contribution is 5.69. The molecule has 3 heteroatoms. The number of hydrogen-bond acceptors (Lipinski definition) is 3. The monoisotopic (exact) mass is 508 g/mol. The third-order valence-electron chi connectivity index (χ3n) is 7.19. The molecule has 0 saturated heterocycles. The number of allylic oxidation sites excluding steroid dienone is 1. The van der Waals surface area contributed by atoms with E-state index >= 15 is 0 Å². The molecule has 3 nitrogen and oxygen atoms in total. The second kappa shape index (κ2) is 30.4. The summed E-state index contributed by atoms with van der Waals surface area (Å²) < 4.78 is 5.20. The Bertz CT molecular complexity index is 458. The van der Waals surface area contributed by atoms with Crippen LogP contribution in [0.15, 0.2) is 12.2 Å². The van der Waals surface area contributed by atoms with E-state index in [0.717, 1.165) is 12.8 Å². The van der Waals surface area contributed by atoms with E-state index in [4.69, 9.17) is 4.74 Å². The van der Waals surface area contributed by atoms with Gasteiger partial charge in [-0.05, 0) is 39.0 Å². The van der Waals surface area contributed by atoms with Crippen molar-refractivity contribution in [2.45, 2.75) is 187 Å². The molecular weight excluding hydrogens is 444 g/mol. The average Bonchev–Trinajstić information content (AvgIpc) is 2.86. The molecule has 0 heterocycles. The van der Waals surface area contributed by atoms with Crippen LogP contribution < -0.4 is 0 Å². The molecule has 214 valence electrons. The summed E-state index contributed by atoms with van der Waals surface area (Å²) in [5.74, 6) is -0.145. The van der Waals surface area contributed by atoms with Crippen molar-refractivity contribution >= 4 is 5.97 Å². The topological polar surface area (TPSA) is 46.5 Å². The molecule has 0 aromatic rings. The van der Waals surface area contributed by atoms with Crippen molar-refractivity contribution in [3.63, 3.8) is 0 Å². The largest absolute Gasteiger partial charge is 0.465 e. The summed E-state index contributed by atoms with van der Waals surface area (Å²) in [6.45, 7) is 4.52. The van der Waals surface area contributed by atoms with Gasteiger partial charge in [-0.15, -0.1) is 0 Å². The van der Waals surface area contributed by atoms with Gasteiger partial charge in [-0.25, -0.2) is 0 Å². The van der Waals surface area contributed by atoms with E-state index < -0.39 is 0 Å². The Morgan fingerprint density at radius 3 is 1.42 bits per heavy atom. The zero-order valence-electron chi connectivity index (χ0n) is 24.6. The molecule has 0 bridgehead atoms. The van der Waals surface area contributed by atoms with E-state index in [0.29, 0.717) is 25.9 Å². The Hall–Kier alpha value is -0.830. The molecule has 1 atom stereocenters. The van der Waals surface area contributed by atoms with Crippen molar-refractivity contribution in [1.82, 2.24) is 0 Å². The summed E-state index contributed by atoms with van der Waals surface area (Å²) >= 11 is 0. The van der Waals surface area contributed by atoms with Gasteiger partial charge < -0.3 is 9.84 Å². The van der Waals surface area contributed by atoms with Gasteiger partial charge in [-0.3, -0.25) is 4.79 Å². The summed E-state index contributed by atoms with van der Waals surface area (Å²) in [5, 5.41) is 9.18. The third kappa shape index (κ3) is 31.2. The molecule has 0 amide bonds. The lowest BCUT2D eigenvalue weighted by Crippen LogP contribution is -2.07. The molecule has 0 aliphatic carbocycles. The van der Waals surface area contributed by atoms with Crippen molar-refractivity contribution in [2.24, 2.45) is 0 Å². The molecule has 1 N–H and O–H groups in total. The number of aliphatic hydroxyl groups is 1. The predicted molar refractivity (Wildman–Crippen MR) is 157 cm³/mol. The fourth-order valence-electron chi connectivity index (χ4n) is 4.78. The van der Waals surface area contributed by atoms with E-state index in [1.165, 1.54) is 135 Å². The van der Waals surface area contributed by atoms with Crippen LogP contribution in [0.5, 0.6) is 0 Å². The van der Waals surface area contributed by atoms with E-state index in [9.17, 15) is 9.90 Å². The Kier molecular flexibility index (Phi) is 29.7. The highest BCUT2D eigenvalue weighted by atomic mass is 16.5. The maximum absolute atomic E-state index is 11.5. The third-order valence-corrected chi connectivity index (χ3v) is 7.19. The summed E-state index contributed by atoms with van der Waals surface area (Å²) in [6.07, 6.45) is 37.7. The fraction of sp³-hybridized carbons (Fsp3) is 0.909. The molecule has 0 aromatic heterocycles. The van der Waals surface area contributed by atoms with Gasteiger partial charge in [0.2, 0.25) is 0 Å². The Morgan fingerprint density at radius 2 is 1.00 bits per heavy atom. The lowest BCUT2D eigenvalue weighted by molar-refractivity contribution is -0.143. The number of carbonyl (C=O) groups is 1. The van der Waals surface area contributed by atoms with Crippen molar-refractivity contribution in [3.05, 3.63) is 12.2 Å². The summed E-state index contributed by atoms with van der Waals surface area (Å²) in [6, 6.07) is 0. The second-order valence-corrected chi connectivity index (χ2v) is 11.1. The number of esters is 1. The molecular formula is C33H64O3. The van der Waals surface area contributed by atoms with E-state index in [-0.39, 0.29) is 12.1 Å². The molecule has 0 aromatic carbocycles. The number of unbranched alkanes of at least 4 members (excludes halogenated alkanes) is 21. The number of aliphatic hydroxyl groups excluding tert-OH is 1. The molecule has 0 radical (unpaired) electrons. The maximum Gasteiger partial charge on any atom is 0.305 e. The standard InChI is InChI=1S/C33H64O3/c1-3-4-5-6-7-8-9-10-11-12-13-14-15-16-17-18-19-20-21-22-23-24-25-26-27-31-36-33(35)30-28-29-32(2)34/h25-26,32,34H,3-24,27-31H2,1-2H3. The minimum Gasteiger partial charge on any atom is -0.465 e. The van der Waals surface area contributed by atoms with Crippen LogP contribution in [-0.4, -0.2) is 23.8 Å². The zero-order chi connectivity index (χ0) is 26.4. The van der Waals surface area contributed by atoms with Crippen molar-refractivity contribution < 1.29 is 14.6 Å². The molecule has 0 aliphatic heterocycles. The first-order valence-corrected chi connectivity index (χ1v) is 16.2. The first kappa shape index (κ1) is 35.2. The summed E-state index contributed by atoms with van der Waals surface area (Å²) in [4.78, 5) is 11.5. The number of carbonyl (C=O) groups excluding carboxylic acids is 1. The normalized spacial score (nSPS) is 12.4. The van der Waals surface area contributed by atoms with Crippen LogP contribution in [0.3, 0.4) is 0 Å². The smallest absolute Gasteiger partial charge is 0.305 e. The van der Waals surface area contributed by atoms with Crippen molar-refractivity contribution in [1.29, 1.82) is 0 Å². The van der Waals surface area contributed by atoms with Crippen LogP contribution in [0.4, 0.5) is 0 Å². The Balaban J connectivity index is 3.14. The SMILES string of the molecule is CCCCCCCCCCCCCCCCCCCCCCCC=CCCOC(=O)CCCC(C)O. The quantitative estimate of drug-likeness (QED) is 0.0620. The number of hydrogen-bond donors (Lipinski definition) is 1. The minimum atomic E-state index is -0.334. The summed E-state index contributed by atoms with van der Waals surface area (Å²) in [7, 11) is 0. The van der Waals surface area contributed by atoms with Gasteiger partial charge in [0.15, 0.2) is 0 Å². The second-order valence-electron chi connectivity index (χ2n) is 11.1. The van der Waals surface area contributed by atoms with E-state index in [1.807, 2.05) is 0 Å². The molecule has 36 heavy (non-hydrogen) atoms. The highest BCUT2D eigenvalue weighted by Gasteiger charge is 2.03. The lowest BCUT2D eigenvalue weighted by Gasteiger charge is -2.04. The van der Waals surface area contributed by atoms with Crippen molar-refractivity contribution in [3.8, 4) is 0 Å². The highest BCUT2D eigenvalue weighted by Crippen LogP contribution is 2.15. The number of rotatable bonds is 29. The molecule has 0 rings (SSSR count). The van der Waals surface area contributed by atoms with E-state index in [2.05, 4.69) is 19.1 Å². The fourth-order valence-corrected chi connectivity index (χ4v) is 4.78. The van der Waals surface area contributed by atoms with Crippen LogP contribution in [0.2, 0.25) is 0 Å². The molecule has 0 aliphatic rings. The van der Waals surface area contributed by atoms with E-state index in [1.54, 1.807) is 6.92 Å². The lowest BCUT2D eigenvalue weighted by atomic mass is 10.0. The van der Waals surface area contributed by atoms with Gasteiger partial charge >= 0.3 is 5.97 Å². The van der Waals surface area contributed by atoms with Gasteiger partial charge in [0.25, 0.3) is 0 Å². The Labute approximate surface area is 226 Å². The zero-order valence-corrected chi connectivity index (χ0v) is 24.6. The van der Waals surface area contributed by atoms with Gasteiger partial charge in [0, 0.05) is 6.42 Å². The van der Waals surface area contributed by atoms with Gasteiger partial charge in [0.05, 0.1) is 12.7 Å². The average molecular weight is 509 g/mol. The van der Waals surface area contributed by atoms with Gasteiger partial charge in [-0.1, -0.05) is 147 Å². The van der Waals surface area contributed by atoms with Crippen LogP contribution in [0.1, 0.15) is 181 Å². The number of ether oxygens (including phenoxy) is 1. The van der Waals surface area contributed by atoms with Crippen LogP contribution in [-0.2, 0) is 9.53 Å². The predicted octanol–water partition coefficient (Wildman–Crippen LogP) is 10.6. The van der Waals surface area contributed by atoms with Crippen LogP contribution in [0.25, 0.3) is 0 Å². The molecule has 0 saturated carbocycles. The molecule has 1 unspecified atom stereocenters. The van der Waals surface area contributed by atoms with Crippen LogP contribution >= 0.6 is 0 Å². The summed E-state index contributed by atoms with van der Waals surface area (Å²) in [5.41, 5.74) is 0. The molecule has 0 fully saturated rings. The minimum absolute atomic E-state index is 0.145. The van der Waals surface area contributed by atoms with Gasteiger partial charge in [0.1, 0.15) is 0 Å². The van der Waals surface area contributed by atoms with Crippen LogP contribution in [0, 0.1) is 0 Å². The Morgan fingerprint density at radius 1 is 0.611 bits per heavy atom. The van der Waals surface area contributed by atoms with Crippen molar-refractivity contribution in [2.75, 3.05) is 6.61 Å². The molecule has 0 spiro atoms. The first-order chi connectivity index (χ1) is 17.7. The first-order valence-electron chi connectivity index (χ1n) is 16.2. The van der Waals surface area contributed by atoms with Gasteiger partial charge in [-0.2, -0.15) is 0 Å².